The van der Waals surface area contributed by atoms with Crippen molar-refractivity contribution in [2.45, 2.75) is 0 Å². The number of amides is 1. The van der Waals surface area contributed by atoms with Gasteiger partial charge in [-0.25, -0.2) is 4.79 Å². The second-order valence-corrected chi connectivity index (χ2v) is 3.20. The van der Waals surface area contributed by atoms with E-state index in [1.54, 1.807) is 18.8 Å². The van der Waals surface area contributed by atoms with Crippen molar-refractivity contribution in [1.29, 1.82) is 0 Å². The third-order valence-corrected chi connectivity index (χ3v) is 1.93. The van der Waals surface area contributed by atoms with Crippen molar-refractivity contribution >= 4 is 23.6 Å². The first kappa shape index (κ1) is 11.3. The van der Waals surface area contributed by atoms with Gasteiger partial charge in [-0.15, -0.1) is 0 Å². The van der Waals surface area contributed by atoms with Gasteiger partial charge < -0.3 is 9.64 Å². The molecule has 0 aromatic heterocycles. The highest BCUT2D eigenvalue weighted by Crippen LogP contribution is 1.94. The monoisotopic (exact) mass is 191 g/mol. The summed E-state index contributed by atoms with van der Waals surface area (Å²) in [5.41, 5.74) is 0. The predicted molar refractivity (Wildman–Crippen MR) is 48.0 cm³/mol. The van der Waals surface area contributed by atoms with Gasteiger partial charge in [0, 0.05) is 19.3 Å². The van der Waals surface area contributed by atoms with Gasteiger partial charge in [0.15, 0.2) is 0 Å². The summed E-state index contributed by atoms with van der Waals surface area (Å²) in [6.45, 7) is 0.565. The number of ether oxygens (including phenoxy) is 1. The van der Waals surface area contributed by atoms with Crippen molar-refractivity contribution in [3.8, 4) is 0 Å². The van der Waals surface area contributed by atoms with Crippen LogP contribution in [0.2, 0.25) is 0 Å². The Hall–Kier alpha value is -0.710. The molecule has 0 heterocycles. The predicted octanol–water partition coefficient (Wildman–Crippen LogP) is -0.0192. The third-order valence-electron chi connectivity index (χ3n) is 1.34. The minimum Gasteiger partial charge on any atom is -0.462 e. The maximum atomic E-state index is 11.0. The number of hydrogen-bond acceptors (Lipinski definition) is 4. The fourth-order valence-corrected chi connectivity index (χ4v) is 1.03. The van der Waals surface area contributed by atoms with Gasteiger partial charge in [-0.3, -0.25) is 4.79 Å². The second kappa shape index (κ2) is 5.88. The highest BCUT2D eigenvalue weighted by Gasteiger charge is 2.17. The molecule has 0 saturated carbocycles. The molecule has 0 fully saturated rings. The molecule has 0 aromatic rings. The van der Waals surface area contributed by atoms with Crippen LogP contribution in [0.25, 0.3) is 0 Å². The Balaban J connectivity index is 3.84. The van der Waals surface area contributed by atoms with E-state index in [9.17, 15) is 9.59 Å². The summed E-state index contributed by atoms with van der Waals surface area (Å²) in [5, 5.41) is 0. The van der Waals surface area contributed by atoms with Crippen LogP contribution in [0.4, 0.5) is 0 Å². The summed E-state index contributed by atoms with van der Waals surface area (Å²) in [6, 6.07) is 0. The van der Waals surface area contributed by atoms with E-state index in [0.717, 1.165) is 5.75 Å². The number of carbonyl (C=O) groups is 2. The van der Waals surface area contributed by atoms with Crippen LogP contribution in [-0.4, -0.2) is 49.5 Å². The molecule has 0 rings (SSSR count). The van der Waals surface area contributed by atoms with Crippen LogP contribution < -0.4 is 0 Å². The van der Waals surface area contributed by atoms with E-state index in [1.165, 1.54) is 12.0 Å². The zero-order valence-corrected chi connectivity index (χ0v) is 8.31. The lowest BCUT2D eigenvalue weighted by atomic mass is 10.5. The number of nitrogens with zero attached hydrogens (tertiary/aromatic N) is 1. The fourth-order valence-electron chi connectivity index (χ4n) is 0.573. The summed E-state index contributed by atoms with van der Waals surface area (Å²) < 4.78 is 4.28. The summed E-state index contributed by atoms with van der Waals surface area (Å²) in [5.74, 6) is -0.579. The molecule has 12 heavy (non-hydrogen) atoms. The average Bonchev–Trinajstić information content (AvgIpc) is 2.11. The van der Waals surface area contributed by atoms with Crippen LogP contribution in [0.15, 0.2) is 0 Å². The van der Waals surface area contributed by atoms with Gasteiger partial charge in [0.1, 0.15) is 0 Å². The number of esters is 1. The average molecular weight is 191 g/mol. The number of likely N-dealkylation sites (N-methyl/N-ethyl adjacent to an activating group) is 1. The van der Waals surface area contributed by atoms with E-state index in [1.807, 2.05) is 6.26 Å². The third kappa shape index (κ3) is 3.61. The van der Waals surface area contributed by atoms with Crippen LogP contribution in [-0.2, 0) is 14.3 Å². The van der Waals surface area contributed by atoms with Crippen LogP contribution in [0.3, 0.4) is 0 Å². The number of rotatable bonds is 3. The Bertz CT molecular complexity index is 172. The molecular formula is C7H13NO3S. The number of hydrogen-bond donors (Lipinski definition) is 0. The molecule has 0 N–H and O–H groups in total. The van der Waals surface area contributed by atoms with Gasteiger partial charge in [0.2, 0.25) is 0 Å². The SMILES string of the molecule is COC(=O)C(=O)N(C)CCSC. The molecule has 70 valence electrons. The van der Waals surface area contributed by atoms with E-state index in [0.29, 0.717) is 6.54 Å². The molecule has 0 atom stereocenters. The van der Waals surface area contributed by atoms with Gasteiger partial charge in [0.05, 0.1) is 7.11 Å². The maximum absolute atomic E-state index is 11.0. The molecule has 0 aliphatic heterocycles. The molecule has 4 nitrogen and oxygen atoms in total. The number of carbonyl (C=O) groups excluding carboxylic acids is 2. The molecule has 0 aliphatic rings. The van der Waals surface area contributed by atoms with Crippen molar-refractivity contribution in [3.05, 3.63) is 0 Å². The van der Waals surface area contributed by atoms with E-state index in [4.69, 9.17) is 0 Å². The van der Waals surface area contributed by atoms with Crippen molar-refractivity contribution < 1.29 is 14.3 Å². The quantitative estimate of drug-likeness (QED) is 0.464. The van der Waals surface area contributed by atoms with E-state index < -0.39 is 11.9 Å². The molecule has 0 aromatic carbocycles. The minimum absolute atomic E-state index is 0.565. The molecular weight excluding hydrogens is 178 g/mol. The zero-order chi connectivity index (χ0) is 9.56. The minimum atomic E-state index is -0.807. The Kier molecular flexibility index (Phi) is 5.53. The molecule has 0 radical (unpaired) electrons. The van der Waals surface area contributed by atoms with Crippen LogP contribution in [0.5, 0.6) is 0 Å². The number of thioether (sulfide) groups is 1. The lowest BCUT2D eigenvalue weighted by Gasteiger charge is -2.13. The van der Waals surface area contributed by atoms with Crippen molar-refractivity contribution in [2.24, 2.45) is 0 Å². The standard InChI is InChI=1S/C7H13NO3S/c1-8(4-5-12-3)6(9)7(10)11-2/h4-5H2,1-3H3. The van der Waals surface area contributed by atoms with E-state index in [2.05, 4.69) is 4.74 Å². The van der Waals surface area contributed by atoms with Gasteiger partial charge >= 0.3 is 11.9 Å². The maximum Gasteiger partial charge on any atom is 0.396 e. The molecule has 0 spiro atoms. The van der Waals surface area contributed by atoms with Crippen LogP contribution >= 0.6 is 11.8 Å². The Labute approximate surface area is 76.2 Å². The Morgan fingerprint density at radius 2 is 2.08 bits per heavy atom. The topological polar surface area (TPSA) is 46.6 Å². The molecule has 0 bridgehead atoms. The smallest absolute Gasteiger partial charge is 0.396 e. The van der Waals surface area contributed by atoms with Crippen molar-refractivity contribution in [2.75, 3.05) is 32.7 Å². The van der Waals surface area contributed by atoms with Gasteiger partial charge in [-0.1, -0.05) is 0 Å². The van der Waals surface area contributed by atoms with E-state index >= 15 is 0 Å². The molecule has 0 unspecified atom stereocenters. The van der Waals surface area contributed by atoms with Crippen LogP contribution in [0, 0.1) is 0 Å². The molecule has 1 amide bonds. The Morgan fingerprint density at radius 1 is 1.50 bits per heavy atom. The summed E-state index contributed by atoms with van der Waals surface area (Å²) in [7, 11) is 2.78. The lowest BCUT2D eigenvalue weighted by molar-refractivity contribution is -0.157. The van der Waals surface area contributed by atoms with Gasteiger partial charge in [0.25, 0.3) is 0 Å². The number of methoxy groups -OCH3 is 1. The fraction of sp³-hybridized carbons (Fsp3) is 0.714. The molecule has 0 saturated heterocycles. The molecule has 5 heteroatoms. The van der Waals surface area contributed by atoms with Gasteiger partial charge in [-0.05, 0) is 6.26 Å². The highest BCUT2D eigenvalue weighted by molar-refractivity contribution is 7.98. The largest absolute Gasteiger partial charge is 0.462 e. The summed E-state index contributed by atoms with van der Waals surface area (Å²) in [4.78, 5) is 23.1. The summed E-state index contributed by atoms with van der Waals surface area (Å²) in [6.07, 6.45) is 1.94. The molecule has 0 aliphatic carbocycles. The van der Waals surface area contributed by atoms with Crippen molar-refractivity contribution in [1.82, 2.24) is 4.90 Å². The van der Waals surface area contributed by atoms with E-state index in [-0.39, 0.29) is 0 Å². The highest BCUT2D eigenvalue weighted by atomic mass is 32.2. The van der Waals surface area contributed by atoms with Gasteiger partial charge in [-0.2, -0.15) is 11.8 Å². The Morgan fingerprint density at radius 3 is 2.50 bits per heavy atom. The van der Waals surface area contributed by atoms with Crippen molar-refractivity contribution in [3.63, 3.8) is 0 Å². The van der Waals surface area contributed by atoms with Crippen LogP contribution in [0.1, 0.15) is 0 Å². The zero-order valence-electron chi connectivity index (χ0n) is 7.49. The lowest BCUT2D eigenvalue weighted by Crippen LogP contribution is -2.35. The second-order valence-electron chi connectivity index (χ2n) is 2.21. The summed E-state index contributed by atoms with van der Waals surface area (Å²) >= 11 is 1.62. The first-order valence-corrected chi connectivity index (χ1v) is 4.85. The normalized spacial score (nSPS) is 9.25. The first-order valence-electron chi connectivity index (χ1n) is 3.45. The first-order chi connectivity index (χ1) is 5.63.